The number of hydrogen-bond donors (Lipinski definition) is 3. The molecule has 48 valence electrons. The van der Waals surface area contributed by atoms with Gasteiger partial charge in [0.15, 0.2) is 0 Å². The quantitative estimate of drug-likeness (QED) is 0.278. The molecule has 0 radical (unpaired) electrons. The molecule has 0 bridgehead atoms. The van der Waals surface area contributed by atoms with Crippen molar-refractivity contribution in [3.63, 3.8) is 0 Å². The van der Waals surface area contributed by atoms with Crippen LogP contribution in [0.25, 0.3) is 0 Å². The van der Waals surface area contributed by atoms with Gasteiger partial charge in [0.25, 0.3) is 0 Å². The van der Waals surface area contributed by atoms with Crippen LogP contribution in [0.1, 0.15) is 0 Å². The van der Waals surface area contributed by atoms with Gasteiger partial charge in [-0.1, -0.05) is 0 Å². The summed E-state index contributed by atoms with van der Waals surface area (Å²) in [6, 6.07) is 0. The molecule has 5 nitrogen and oxygen atoms in total. The minimum absolute atomic E-state index is 0. The molecule has 0 fully saturated rings. The first-order chi connectivity index (χ1) is 3.00. The molecular weight excluding hydrogens is 166 g/mol. The van der Waals surface area contributed by atoms with Crippen LogP contribution >= 0.6 is 7.82 Å². The molecule has 8 heavy (non-hydrogen) atoms. The fourth-order valence-electron chi connectivity index (χ4n) is 0. The zero-order chi connectivity index (χ0) is 6.50. The first-order valence-corrected chi connectivity index (χ1v) is 2.96. The third-order valence-corrected chi connectivity index (χ3v) is 0. The predicted octanol–water partition coefficient (Wildman–Crippen LogP) is -2.45. The average Bonchev–Trinajstić information content (AvgIpc) is 1.36. The minimum atomic E-state index is -4.64. The van der Waals surface area contributed by atoms with E-state index in [1.165, 1.54) is 0 Å². The van der Waals surface area contributed by atoms with E-state index in [-0.39, 0.29) is 29.6 Å². The van der Waals surface area contributed by atoms with E-state index in [1.54, 1.807) is 12.5 Å². The third kappa shape index (κ3) is 179. The molecule has 0 saturated carbocycles. The summed E-state index contributed by atoms with van der Waals surface area (Å²) in [6.45, 7) is 0. The molecule has 0 rings (SSSR count). The second-order valence-corrected chi connectivity index (χ2v) is 1.54. The summed E-state index contributed by atoms with van der Waals surface area (Å²) in [6.07, 6.45) is 0. The second kappa shape index (κ2) is 8.26. The summed E-state index contributed by atoms with van der Waals surface area (Å²) in [7, 11) is -4.64. The van der Waals surface area contributed by atoms with E-state index in [4.69, 9.17) is 23.5 Å². The van der Waals surface area contributed by atoms with Crippen molar-refractivity contribution in [2.45, 2.75) is 0 Å². The molecule has 0 aliphatic carbocycles. The molecule has 0 aromatic carbocycles. The first-order valence-electron chi connectivity index (χ1n) is 0.987. The zero-order valence-electron chi connectivity index (χ0n) is 3.11. The van der Waals surface area contributed by atoms with Crippen LogP contribution < -0.4 is 0 Å². The Labute approximate surface area is 73.2 Å². The van der Waals surface area contributed by atoms with Crippen LogP contribution in [0.4, 0.5) is 0 Å². The van der Waals surface area contributed by atoms with Crippen LogP contribution in [0.15, 0.2) is 0 Å². The summed E-state index contributed by atoms with van der Waals surface area (Å²) in [4.78, 5) is 21.6. The maximum atomic E-state index is 8.88. The Bertz CT molecular complexity index is 68.2. The Hall–Kier alpha value is 1.26. The molecular formula is H6NaO5PS. The second-order valence-electron chi connectivity index (χ2n) is 0.513. The van der Waals surface area contributed by atoms with Crippen LogP contribution in [0.2, 0.25) is 0 Å². The normalized spacial score (nSPS) is 8.00. The van der Waals surface area contributed by atoms with Crippen molar-refractivity contribution in [2.75, 3.05) is 0 Å². The van der Waals surface area contributed by atoms with E-state index in [2.05, 4.69) is 0 Å². The number of hydrogen-bond acceptors (Lipinski definition) is 2. The van der Waals surface area contributed by atoms with Crippen molar-refractivity contribution in [3.05, 3.63) is 0 Å². The summed E-state index contributed by atoms with van der Waals surface area (Å²) < 4.78 is 16.9. The van der Waals surface area contributed by atoms with Crippen molar-refractivity contribution in [1.82, 2.24) is 0 Å². The van der Waals surface area contributed by atoms with Gasteiger partial charge in [-0.05, 0) is 12.5 Å². The van der Waals surface area contributed by atoms with Gasteiger partial charge in [-0.2, -0.15) is 0 Å². The van der Waals surface area contributed by atoms with Crippen molar-refractivity contribution < 1.29 is 23.5 Å². The molecule has 0 amide bonds. The van der Waals surface area contributed by atoms with Crippen LogP contribution in [-0.4, -0.2) is 48.4 Å². The monoisotopic (exact) mass is 172 g/mol. The van der Waals surface area contributed by atoms with Crippen molar-refractivity contribution in [1.29, 1.82) is 0 Å². The van der Waals surface area contributed by atoms with Crippen molar-refractivity contribution in [2.24, 2.45) is 0 Å². The van der Waals surface area contributed by atoms with Crippen molar-refractivity contribution >= 4 is 49.9 Å². The van der Waals surface area contributed by atoms with Crippen LogP contribution in [0.5, 0.6) is 0 Å². The Kier molecular flexibility index (Phi) is 16.6. The standard InChI is InChI=1S/Na.H3O4P.H2OS.H/c;1-5(2,3)4;1-2;/h;(H3,1,2,3,4);2H2;. The number of rotatable bonds is 0. The average molecular weight is 172 g/mol. The van der Waals surface area contributed by atoms with E-state index >= 15 is 0 Å². The van der Waals surface area contributed by atoms with Crippen LogP contribution in [0.3, 0.4) is 0 Å². The molecule has 0 aliphatic heterocycles. The molecule has 0 aromatic heterocycles. The molecule has 3 N–H and O–H groups in total. The van der Waals surface area contributed by atoms with E-state index in [0.717, 1.165) is 0 Å². The summed E-state index contributed by atoms with van der Waals surface area (Å²) in [5, 5.41) is 0. The maximum absolute atomic E-state index is 8.88. The topological polar surface area (TPSA) is 94.8 Å². The van der Waals surface area contributed by atoms with Crippen molar-refractivity contribution in [3.8, 4) is 0 Å². The Morgan fingerprint density at radius 2 is 1.12 bits per heavy atom. The van der Waals surface area contributed by atoms with Gasteiger partial charge >= 0.3 is 37.4 Å². The van der Waals surface area contributed by atoms with Gasteiger partial charge in [-0.15, -0.1) is 0 Å². The van der Waals surface area contributed by atoms with Gasteiger partial charge in [-0.25, -0.2) is 4.57 Å². The van der Waals surface area contributed by atoms with Gasteiger partial charge in [0.1, 0.15) is 0 Å². The molecule has 0 saturated heterocycles. The van der Waals surface area contributed by atoms with Gasteiger partial charge < -0.3 is 14.7 Å². The predicted molar refractivity (Wildman–Crippen MR) is 32.3 cm³/mol. The molecule has 0 aromatic rings. The van der Waals surface area contributed by atoms with Gasteiger partial charge in [0.05, 0.1) is 0 Å². The Morgan fingerprint density at radius 1 is 1.12 bits per heavy atom. The van der Waals surface area contributed by atoms with Gasteiger partial charge in [0.2, 0.25) is 0 Å². The molecule has 0 aliphatic rings. The SMILES string of the molecule is O=P(O)(O)O.O=[SH2].[NaH]. The summed E-state index contributed by atoms with van der Waals surface area (Å²) in [5.41, 5.74) is 0. The fraction of sp³-hybridized carbons (Fsp3) is 0. The fourth-order valence-corrected chi connectivity index (χ4v) is 0. The number of phosphoric acid groups is 1. The third-order valence-electron chi connectivity index (χ3n) is 0. The van der Waals surface area contributed by atoms with Crippen LogP contribution in [-0.2, 0) is 17.1 Å². The molecule has 0 atom stereocenters. The summed E-state index contributed by atoms with van der Waals surface area (Å²) in [5.74, 6) is 0. The molecule has 0 unspecified atom stereocenters. The van der Waals surface area contributed by atoms with Gasteiger partial charge in [0, 0.05) is 0 Å². The summed E-state index contributed by atoms with van der Waals surface area (Å²) >= 11 is 1.72. The first kappa shape index (κ1) is 16.1. The molecule has 0 spiro atoms. The molecule has 8 heteroatoms. The van der Waals surface area contributed by atoms with Gasteiger partial charge in [-0.3, -0.25) is 4.21 Å². The Morgan fingerprint density at radius 3 is 1.12 bits per heavy atom. The Balaban J connectivity index is -0.0000000750. The molecule has 0 heterocycles. The van der Waals surface area contributed by atoms with Crippen LogP contribution in [0, 0.1) is 0 Å². The zero-order valence-corrected chi connectivity index (χ0v) is 5.00. The van der Waals surface area contributed by atoms with E-state index in [1.807, 2.05) is 0 Å². The van der Waals surface area contributed by atoms with E-state index < -0.39 is 7.82 Å². The van der Waals surface area contributed by atoms with E-state index in [0.29, 0.717) is 0 Å². The van der Waals surface area contributed by atoms with E-state index in [9.17, 15) is 0 Å².